The number of likely N-dealkylation sites (N-methyl/N-ethyl adjacent to an activating group) is 1. The topological polar surface area (TPSA) is 79.0 Å². The molecular weight excluding hydrogens is 378 g/mol. The molecule has 28 heavy (non-hydrogen) atoms. The van der Waals surface area contributed by atoms with E-state index in [2.05, 4.69) is 4.72 Å². The third kappa shape index (κ3) is 3.79. The minimum Gasteiger partial charge on any atom is -0.381 e. The normalized spacial score (nSPS) is 37.8. The van der Waals surface area contributed by atoms with Crippen LogP contribution >= 0.6 is 0 Å². The van der Waals surface area contributed by atoms with Crippen molar-refractivity contribution in [3.05, 3.63) is 0 Å². The number of carbonyl (C=O) groups is 1. The molecule has 1 heterocycles. The molecule has 0 spiro atoms. The number of amides is 2. The van der Waals surface area contributed by atoms with Gasteiger partial charge < -0.3 is 14.5 Å². The molecule has 1 saturated heterocycles. The molecule has 0 aromatic heterocycles. The number of urea groups is 1. The third-order valence-corrected chi connectivity index (χ3v) is 9.66. The van der Waals surface area contributed by atoms with E-state index in [-0.39, 0.29) is 29.8 Å². The van der Waals surface area contributed by atoms with Gasteiger partial charge in [-0.1, -0.05) is 12.8 Å². The number of sulfonamides is 1. The fraction of sp³-hybridized carbons (Fsp3) is 0.950. The van der Waals surface area contributed by atoms with E-state index in [9.17, 15) is 13.2 Å². The van der Waals surface area contributed by atoms with Gasteiger partial charge in [0.15, 0.2) is 0 Å². The Kier molecular flexibility index (Phi) is 5.42. The van der Waals surface area contributed by atoms with Crippen molar-refractivity contribution < 1.29 is 17.9 Å². The molecule has 4 aliphatic rings. The van der Waals surface area contributed by atoms with Gasteiger partial charge in [-0.05, 0) is 51.9 Å². The van der Waals surface area contributed by atoms with Crippen molar-refractivity contribution in [3.63, 3.8) is 0 Å². The van der Waals surface area contributed by atoms with Crippen molar-refractivity contribution in [2.24, 2.45) is 5.92 Å². The van der Waals surface area contributed by atoms with Gasteiger partial charge in [0.25, 0.3) is 0 Å². The largest absolute Gasteiger partial charge is 0.381 e. The van der Waals surface area contributed by atoms with Gasteiger partial charge in [0, 0.05) is 32.2 Å². The summed E-state index contributed by atoms with van der Waals surface area (Å²) in [5, 5.41) is -0.400. The standard InChI is InChI=1S/C20H35N3O4S/c1-20(10-11-20)21-28(25,26)15-8-9-16-17(12-15)22(2)19(24)23(16)13-14-6-4-5-7-18(14)27-3/h14-18,21H,4-13H2,1-3H3. The van der Waals surface area contributed by atoms with Gasteiger partial charge in [-0.2, -0.15) is 0 Å². The third-order valence-electron chi connectivity index (χ3n) is 7.58. The van der Waals surface area contributed by atoms with Crippen LogP contribution in [0.5, 0.6) is 0 Å². The van der Waals surface area contributed by atoms with Crippen LogP contribution in [0.2, 0.25) is 0 Å². The fourth-order valence-corrected chi connectivity index (χ4v) is 7.47. The lowest BCUT2D eigenvalue weighted by Gasteiger charge is -2.38. The zero-order valence-electron chi connectivity index (χ0n) is 17.4. The van der Waals surface area contributed by atoms with Crippen LogP contribution in [0.4, 0.5) is 4.79 Å². The Morgan fingerprint density at radius 2 is 1.86 bits per heavy atom. The second kappa shape index (κ2) is 7.43. The first-order chi connectivity index (χ1) is 13.2. The van der Waals surface area contributed by atoms with E-state index >= 15 is 0 Å². The van der Waals surface area contributed by atoms with Crippen LogP contribution < -0.4 is 4.72 Å². The highest BCUT2D eigenvalue weighted by Crippen LogP contribution is 2.40. The van der Waals surface area contributed by atoms with E-state index in [1.165, 1.54) is 12.8 Å². The van der Waals surface area contributed by atoms with E-state index in [1.54, 1.807) is 12.0 Å². The minimum atomic E-state index is -3.34. The molecular formula is C20H35N3O4S. The summed E-state index contributed by atoms with van der Waals surface area (Å²) in [6.07, 6.45) is 8.54. The lowest BCUT2D eigenvalue weighted by Crippen LogP contribution is -2.50. The highest BCUT2D eigenvalue weighted by atomic mass is 32.2. The Morgan fingerprint density at radius 1 is 1.14 bits per heavy atom. The molecule has 4 rings (SSSR count). The molecule has 0 aromatic rings. The average molecular weight is 414 g/mol. The smallest absolute Gasteiger partial charge is 0.320 e. The molecule has 4 fully saturated rings. The van der Waals surface area contributed by atoms with Crippen LogP contribution in [0.1, 0.15) is 64.7 Å². The van der Waals surface area contributed by atoms with Crippen molar-refractivity contribution in [3.8, 4) is 0 Å². The lowest BCUT2D eigenvalue weighted by molar-refractivity contribution is 0.00996. The molecule has 0 radical (unpaired) electrons. The molecule has 5 atom stereocenters. The van der Waals surface area contributed by atoms with Crippen LogP contribution in [-0.4, -0.2) is 73.9 Å². The highest BCUT2D eigenvalue weighted by Gasteiger charge is 2.51. The van der Waals surface area contributed by atoms with Crippen LogP contribution in [-0.2, 0) is 14.8 Å². The number of carbonyl (C=O) groups excluding carboxylic acids is 1. The van der Waals surface area contributed by atoms with Crippen LogP contribution in [0.3, 0.4) is 0 Å². The van der Waals surface area contributed by atoms with Gasteiger partial charge in [-0.25, -0.2) is 17.9 Å². The SMILES string of the molecule is COC1CCCCC1CN1C(=O)N(C)C2CC(S(=O)(=O)NC3(C)CC3)CCC21. The summed E-state index contributed by atoms with van der Waals surface area (Å²) in [6.45, 7) is 2.70. The first kappa shape index (κ1) is 20.4. The van der Waals surface area contributed by atoms with Gasteiger partial charge in [0.05, 0.1) is 23.4 Å². The zero-order chi connectivity index (χ0) is 20.1. The highest BCUT2D eigenvalue weighted by molar-refractivity contribution is 7.90. The summed E-state index contributed by atoms with van der Waals surface area (Å²) < 4.78 is 34.3. The van der Waals surface area contributed by atoms with Gasteiger partial charge in [-0.15, -0.1) is 0 Å². The minimum absolute atomic E-state index is 0.0144. The predicted octanol–water partition coefficient (Wildman–Crippen LogP) is 2.32. The number of methoxy groups -OCH3 is 1. The lowest BCUT2D eigenvalue weighted by atomic mass is 9.84. The van der Waals surface area contributed by atoms with E-state index in [0.29, 0.717) is 18.8 Å². The Labute approximate surface area is 169 Å². The van der Waals surface area contributed by atoms with Crippen molar-refractivity contribution in [2.75, 3.05) is 20.7 Å². The van der Waals surface area contributed by atoms with Crippen molar-refractivity contribution >= 4 is 16.1 Å². The summed E-state index contributed by atoms with van der Waals surface area (Å²) in [7, 11) is 0.262. The average Bonchev–Trinajstić information content (AvgIpc) is 3.34. The Balaban J connectivity index is 1.44. The molecule has 5 unspecified atom stereocenters. The summed E-state index contributed by atoms with van der Waals surface area (Å²) in [5.74, 6) is 0.382. The fourth-order valence-electron chi connectivity index (χ4n) is 5.52. The molecule has 8 heteroatoms. The molecule has 1 N–H and O–H groups in total. The van der Waals surface area contributed by atoms with Gasteiger partial charge >= 0.3 is 6.03 Å². The van der Waals surface area contributed by atoms with Crippen LogP contribution in [0.15, 0.2) is 0 Å². The Morgan fingerprint density at radius 3 is 2.54 bits per heavy atom. The first-order valence-corrected chi connectivity index (χ1v) is 12.4. The maximum atomic E-state index is 13.0. The van der Waals surface area contributed by atoms with Gasteiger partial charge in [0.2, 0.25) is 10.0 Å². The second-order valence-corrected chi connectivity index (χ2v) is 11.6. The number of rotatable bonds is 6. The number of nitrogens with zero attached hydrogens (tertiary/aromatic N) is 2. The molecule has 0 aromatic carbocycles. The zero-order valence-corrected chi connectivity index (χ0v) is 18.2. The Hall–Kier alpha value is -0.860. The maximum Gasteiger partial charge on any atom is 0.320 e. The molecule has 3 aliphatic carbocycles. The molecule has 160 valence electrons. The monoisotopic (exact) mass is 413 g/mol. The van der Waals surface area contributed by atoms with Crippen molar-refractivity contribution in [1.29, 1.82) is 0 Å². The van der Waals surface area contributed by atoms with Crippen LogP contribution in [0.25, 0.3) is 0 Å². The summed E-state index contributed by atoms with van der Waals surface area (Å²) in [5.41, 5.74) is -0.241. The van der Waals surface area contributed by atoms with E-state index in [4.69, 9.17) is 4.74 Å². The van der Waals surface area contributed by atoms with Gasteiger partial charge in [-0.3, -0.25) is 0 Å². The predicted molar refractivity (Wildman–Crippen MR) is 108 cm³/mol. The van der Waals surface area contributed by atoms with E-state index in [1.807, 2.05) is 18.9 Å². The number of nitrogens with one attached hydrogen (secondary N) is 1. The van der Waals surface area contributed by atoms with Crippen molar-refractivity contribution in [1.82, 2.24) is 14.5 Å². The molecule has 2 amide bonds. The van der Waals surface area contributed by atoms with Gasteiger partial charge in [0.1, 0.15) is 0 Å². The summed E-state index contributed by atoms with van der Waals surface area (Å²) in [6, 6.07) is 0.162. The quantitative estimate of drug-likeness (QED) is 0.725. The molecule has 1 aliphatic heterocycles. The van der Waals surface area contributed by atoms with Crippen molar-refractivity contribution in [2.45, 2.75) is 93.7 Å². The Bertz CT molecular complexity index is 708. The molecule has 3 saturated carbocycles. The summed E-state index contributed by atoms with van der Waals surface area (Å²) >= 11 is 0. The first-order valence-electron chi connectivity index (χ1n) is 10.8. The number of fused-ring (bicyclic) bond motifs is 1. The number of hydrogen-bond donors (Lipinski definition) is 1. The number of ether oxygens (including phenoxy) is 1. The van der Waals surface area contributed by atoms with E-state index in [0.717, 1.165) is 38.6 Å². The molecule has 0 bridgehead atoms. The maximum absolute atomic E-state index is 13.0. The second-order valence-electron chi connectivity index (χ2n) is 9.64. The molecule has 7 nitrogen and oxygen atoms in total. The van der Waals surface area contributed by atoms with Crippen LogP contribution in [0, 0.1) is 5.92 Å². The van der Waals surface area contributed by atoms with E-state index < -0.39 is 15.3 Å². The number of hydrogen-bond acceptors (Lipinski definition) is 4. The summed E-state index contributed by atoms with van der Waals surface area (Å²) in [4.78, 5) is 16.8.